The second kappa shape index (κ2) is 6.37. The van der Waals surface area contributed by atoms with Gasteiger partial charge in [0.15, 0.2) is 0 Å². The van der Waals surface area contributed by atoms with E-state index < -0.39 is 0 Å². The Morgan fingerprint density at radius 3 is 2.80 bits per heavy atom. The first kappa shape index (κ1) is 14.2. The average Bonchev–Trinajstić information content (AvgIpc) is 3.08. The average molecular weight is 295 g/mol. The third-order valence-corrected chi connectivity index (χ3v) is 5.27. The Morgan fingerprint density at radius 2 is 2.05 bits per heavy atom. The highest BCUT2D eigenvalue weighted by Gasteiger charge is 2.31. The summed E-state index contributed by atoms with van der Waals surface area (Å²) in [6.45, 7) is 6.73. The van der Waals surface area contributed by atoms with E-state index >= 15 is 0 Å². The fourth-order valence-corrected chi connectivity index (χ4v) is 3.94. The summed E-state index contributed by atoms with van der Waals surface area (Å²) in [4.78, 5) is 9.70. The van der Waals surface area contributed by atoms with Crippen molar-refractivity contribution in [3.63, 3.8) is 0 Å². The Labute approximate surface area is 125 Å². The van der Waals surface area contributed by atoms with Gasteiger partial charge in [0.2, 0.25) is 5.13 Å². The molecule has 20 heavy (non-hydrogen) atoms. The Morgan fingerprint density at radius 1 is 1.25 bits per heavy atom. The first-order valence-corrected chi connectivity index (χ1v) is 8.60. The number of rotatable bonds is 4. The molecule has 0 amide bonds. The van der Waals surface area contributed by atoms with Crippen molar-refractivity contribution in [3.05, 3.63) is 5.82 Å². The van der Waals surface area contributed by atoms with Gasteiger partial charge in [-0.05, 0) is 38.8 Å². The van der Waals surface area contributed by atoms with Gasteiger partial charge < -0.3 is 10.6 Å². The van der Waals surface area contributed by atoms with Crippen LogP contribution >= 0.6 is 11.5 Å². The minimum Gasteiger partial charge on any atom is -0.345 e. The molecule has 6 heteroatoms. The third kappa shape index (κ3) is 3.13. The number of nitrogens with two attached hydrogens (primary N) is 1. The van der Waals surface area contributed by atoms with Crippen LogP contribution in [0.15, 0.2) is 0 Å². The first-order valence-electron chi connectivity index (χ1n) is 7.83. The largest absolute Gasteiger partial charge is 0.345 e. The summed E-state index contributed by atoms with van der Waals surface area (Å²) in [5.74, 6) is 1.01. The number of piperidine rings is 1. The molecule has 0 aliphatic carbocycles. The summed E-state index contributed by atoms with van der Waals surface area (Å²) in [6.07, 6.45) is 5.66. The molecule has 2 aliphatic rings. The van der Waals surface area contributed by atoms with E-state index in [4.69, 9.17) is 5.73 Å². The zero-order valence-corrected chi connectivity index (χ0v) is 13.1. The Hall–Kier alpha value is -0.720. The normalized spacial score (nSPS) is 25.5. The van der Waals surface area contributed by atoms with Crippen molar-refractivity contribution in [1.29, 1.82) is 0 Å². The Bertz CT molecular complexity index is 427. The number of hydrogen-bond acceptors (Lipinski definition) is 6. The van der Waals surface area contributed by atoms with Gasteiger partial charge in [-0.15, -0.1) is 0 Å². The second-order valence-corrected chi connectivity index (χ2v) is 6.74. The van der Waals surface area contributed by atoms with Crippen LogP contribution in [-0.2, 0) is 6.42 Å². The lowest BCUT2D eigenvalue weighted by Gasteiger charge is -2.34. The molecule has 3 rings (SSSR count). The first-order chi connectivity index (χ1) is 9.76. The van der Waals surface area contributed by atoms with E-state index in [9.17, 15) is 0 Å². The Balaban J connectivity index is 1.55. The molecule has 2 fully saturated rings. The molecular formula is C14H25N5S. The van der Waals surface area contributed by atoms with Crippen molar-refractivity contribution in [2.75, 3.05) is 31.1 Å². The zero-order chi connectivity index (χ0) is 13.9. The summed E-state index contributed by atoms with van der Waals surface area (Å²) >= 11 is 1.56. The fourth-order valence-electron chi connectivity index (χ4n) is 3.20. The maximum absolute atomic E-state index is 5.99. The molecule has 2 saturated heterocycles. The number of aryl methyl sites for hydroxylation is 1. The smallest absolute Gasteiger partial charge is 0.205 e. The van der Waals surface area contributed by atoms with Gasteiger partial charge >= 0.3 is 0 Å². The lowest BCUT2D eigenvalue weighted by atomic mass is 10.0. The minimum atomic E-state index is 0.420. The molecule has 1 aromatic heterocycles. The number of aromatic nitrogens is 2. The molecule has 112 valence electrons. The van der Waals surface area contributed by atoms with Crippen LogP contribution in [0.3, 0.4) is 0 Å². The monoisotopic (exact) mass is 295 g/mol. The summed E-state index contributed by atoms with van der Waals surface area (Å²) in [6, 6.07) is 1.10. The molecule has 1 unspecified atom stereocenters. The van der Waals surface area contributed by atoms with E-state index in [-0.39, 0.29) is 0 Å². The molecule has 0 bridgehead atoms. The highest BCUT2D eigenvalue weighted by atomic mass is 32.1. The van der Waals surface area contributed by atoms with E-state index in [0.29, 0.717) is 12.1 Å². The number of likely N-dealkylation sites (tertiary alicyclic amines) is 1. The van der Waals surface area contributed by atoms with Crippen molar-refractivity contribution in [1.82, 2.24) is 14.3 Å². The van der Waals surface area contributed by atoms with Crippen molar-refractivity contribution >= 4 is 16.7 Å². The van der Waals surface area contributed by atoms with Crippen LogP contribution in [0.1, 0.15) is 38.4 Å². The van der Waals surface area contributed by atoms with E-state index in [2.05, 4.69) is 26.1 Å². The molecule has 2 aliphatic heterocycles. The number of nitrogens with zero attached hydrogens (tertiary/aromatic N) is 4. The van der Waals surface area contributed by atoms with Gasteiger partial charge in [0.25, 0.3) is 0 Å². The second-order valence-electron chi connectivity index (χ2n) is 6.01. The van der Waals surface area contributed by atoms with Crippen LogP contribution in [0, 0.1) is 0 Å². The quantitative estimate of drug-likeness (QED) is 0.912. The van der Waals surface area contributed by atoms with E-state index in [1.165, 1.54) is 6.42 Å². The topological polar surface area (TPSA) is 58.3 Å². The molecule has 0 saturated carbocycles. The SMILES string of the molecule is CCCc1nsc(N2CCC(N3CCC(N)CC3)C2)n1. The number of hydrogen-bond donors (Lipinski definition) is 1. The van der Waals surface area contributed by atoms with Crippen LogP contribution in [0.4, 0.5) is 5.13 Å². The summed E-state index contributed by atoms with van der Waals surface area (Å²) in [7, 11) is 0. The molecular weight excluding hydrogens is 270 g/mol. The van der Waals surface area contributed by atoms with E-state index in [1.54, 1.807) is 11.5 Å². The maximum atomic E-state index is 5.99. The van der Waals surface area contributed by atoms with Gasteiger partial charge in [0.1, 0.15) is 5.82 Å². The van der Waals surface area contributed by atoms with Gasteiger partial charge in [-0.2, -0.15) is 4.37 Å². The van der Waals surface area contributed by atoms with Gasteiger partial charge in [-0.3, -0.25) is 4.90 Å². The zero-order valence-electron chi connectivity index (χ0n) is 12.3. The summed E-state index contributed by atoms with van der Waals surface area (Å²) < 4.78 is 4.46. The standard InChI is InChI=1S/C14H25N5S/c1-2-3-13-16-14(20-17-13)19-9-6-12(10-19)18-7-4-11(15)5-8-18/h11-12H,2-10,15H2,1H3. The minimum absolute atomic E-state index is 0.420. The number of anilines is 1. The van der Waals surface area contributed by atoms with Gasteiger partial charge in [0.05, 0.1) is 0 Å². The van der Waals surface area contributed by atoms with E-state index in [1.807, 2.05) is 0 Å². The maximum Gasteiger partial charge on any atom is 0.205 e. The van der Waals surface area contributed by atoms with Gasteiger partial charge in [0, 0.05) is 43.1 Å². The molecule has 1 atom stereocenters. The predicted octanol–water partition coefficient (Wildman–Crippen LogP) is 1.49. The molecule has 0 aromatic carbocycles. The highest BCUT2D eigenvalue weighted by Crippen LogP contribution is 2.26. The molecule has 0 radical (unpaired) electrons. The van der Waals surface area contributed by atoms with Crippen LogP contribution in [0.5, 0.6) is 0 Å². The third-order valence-electron chi connectivity index (χ3n) is 4.46. The molecule has 2 N–H and O–H groups in total. The van der Waals surface area contributed by atoms with Crippen LogP contribution in [0.25, 0.3) is 0 Å². The van der Waals surface area contributed by atoms with E-state index in [0.717, 1.165) is 62.8 Å². The fraction of sp³-hybridized carbons (Fsp3) is 0.857. The Kier molecular flexibility index (Phi) is 4.53. The lowest BCUT2D eigenvalue weighted by molar-refractivity contribution is 0.163. The van der Waals surface area contributed by atoms with Gasteiger partial charge in [-0.1, -0.05) is 6.92 Å². The molecule has 5 nitrogen and oxygen atoms in total. The van der Waals surface area contributed by atoms with Crippen molar-refractivity contribution < 1.29 is 0 Å². The molecule has 1 aromatic rings. The van der Waals surface area contributed by atoms with Crippen molar-refractivity contribution in [3.8, 4) is 0 Å². The molecule has 0 spiro atoms. The highest BCUT2D eigenvalue weighted by molar-refractivity contribution is 7.09. The summed E-state index contributed by atoms with van der Waals surface area (Å²) in [5.41, 5.74) is 5.99. The molecule has 3 heterocycles. The van der Waals surface area contributed by atoms with Crippen LogP contribution < -0.4 is 10.6 Å². The van der Waals surface area contributed by atoms with Crippen LogP contribution in [0.2, 0.25) is 0 Å². The van der Waals surface area contributed by atoms with Crippen molar-refractivity contribution in [2.45, 2.75) is 51.1 Å². The predicted molar refractivity (Wildman–Crippen MR) is 83.3 cm³/mol. The summed E-state index contributed by atoms with van der Waals surface area (Å²) in [5, 5.41) is 1.12. The van der Waals surface area contributed by atoms with Gasteiger partial charge in [-0.25, -0.2) is 4.98 Å². The lowest BCUT2D eigenvalue weighted by Crippen LogP contribution is -2.46. The van der Waals surface area contributed by atoms with Crippen molar-refractivity contribution in [2.24, 2.45) is 5.73 Å². The van der Waals surface area contributed by atoms with Crippen LogP contribution in [-0.4, -0.2) is 52.5 Å².